The molecule has 10 heteroatoms. The van der Waals surface area contributed by atoms with Crippen molar-refractivity contribution >= 4 is 61.4 Å². The molecule has 1 unspecified atom stereocenters. The van der Waals surface area contributed by atoms with Crippen LogP contribution in [-0.4, -0.2) is 37.8 Å². The van der Waals surface area contributed by atoms with Gasteiger partial charge in [-0.05, 0) is 67.8 Å². The van der Waals surface area contributed by atoms with E-state index < -0.39 is 17.7 Å². The highest BCUT2D eigenvalue weighted by Crippen LogP contribution is 2.45. The fourth-order valence-electron chi connectivity index (χ4n) is 4.97. The zero-order valence-corrected chi connectivity index (χ0v) is 23.6. The van der Waals surface area contributed by atoms with Crippen LogP contribution in [0.2, 0.25) is 5.02 Å². The second-order valence-corrected chi connectivity index (χ2v) is 11.1. The number of anilines is 1. The lowest BCUT2D eigenvalue weighted by Gasteiger charge is -2.23. The minimum atomic E-state index is -0.929. The Balaban J connectivity index is 1.55. The zero-order chi connectivity index (χ0) is 28.1. The molecule has 0 spiro atoms. The number of halogens is 1. The van der Waals surface area contributed by atoms with Gasteiger partial charge in [-0.1, -0.05) is 48.1 Å². The number of hydrogen-bond acceptors (Lipinski definition) is 7. The van der Waals surface area contributed by atoms with E-state index in [-0.39, 0.29) is 17.0 Å². The minimum absolute atomic E-state index is 0.0475. The van der Waals surface area contributed by atoms with Gasteiger partial charge in [0.25, 0.3) is 5.78 Å². The number of rotatable bonds is 6. The molecule has 0 saturated carbocycles. The largest absolute Gasteiger partial charge is 0.505 e. The Morgan fingerprint density at radius 2 is 1.88 bits per heavy atom. The van der Waals surface area contributed by atoms with Crippen LogP contribution in [0.4, 0.5) is 5.13 Å². The van der Waals surface area contributed by atoms with Crippen LogP contribution in [0.1, 0.15) is 41.9 Å². The maximum Gasteiger partial charge on any atom is 0.301 e. The number of aryl methyl sites for hydroxylation is 2. The smallest absolute Gasteiger partial charge is 0.301 e. The Kier molecular flexibility index (Phi) is 6.56. The highest BCUT2D eigenvalue weighted by molar-refractivity contribution is 7.22. The number of pyridine rings is 1. The summed E-state index contributed by atoms with van der Waals surface area (Å²) in [4.78, 5) is 37.9. The molecule has 3 aromatic heterocycles. The highest BCUT2D eigenvalue weighted by Gasteiger charge is 2.48. The maximum absolute atomic E-state index is 13.6. The van der Waals surface area contributed by atoms with Crippen molar-refractivity contribution in [1.29, 1.82) is 0 Å². The van der Waals surface area contributed by atoms with Gasteiger partial charge in [-0.15, -0.1) is 0 Å². The maximum atomic E-state index is 13.6. The number of aliphatic hydroxyl groups is 1. The summed E-state index contributed by atoms with van der Waals surface area (Å²) in [5, 5.41) is 12.5. The molecule has 40 heavy (non-hydrogen) atoms. The molecular weight excluding hydrogens is 548 g/mol. The van der Waals surface area contributed by atoms with E-state index in [2.05, 4.69) is 9.97 Å². The van der Waals surface area contributed by atoms with Gasteiger partial charge in [-0.2, -0.15) is 0 Å². The van der Waals surface area contributed by atoms with Crippen molar-refractivity contribution in [2.24, 2.45) is 0 Å². The number of ether oxygens (including phenoxy) is 1. The van der Waals surface area contributed by atoms with Crippen molar-refractivity contribution in [2.45, 2.75) is 33.2 Å². The Hall–Kier alpha value is -4.21. The number of amides is 1. The van der Waals surface area contributed by atoms with Gasteiger partial charge < -0.3 is 14.2 Å². The summed E-state index contributed by atoms with van der Waals surface area (Å²) < 4.78 is 8.37. The summed E-state index contributed by atoms with van der Waals surface area (Å²) in [7, 11) is 0. The third-order valence-electron chi connectivity index (χ3n) is 6.97. The first-order valence-corrected chi connectivity index (χ1v) is 14.0. The van der Waals surface area contributed by atoms with Crippen LogP contribution in [-0.2, 0) is 9.59 Å². The number of nitrogens with zero attached hydrogens (tertiary/aromatic N) is 4. The summed E-state index contributed by atoms with van der Waals surface area (Å²) in [5.74, 6) is -1.24. The lowest BCUT2D eigenvalue weighted by molar-refractivity contribution is -0.132. The summed E-state index contributed by atoms with van der Waals surface area (Å²) in [5.41, 5.74) is 3.70. The minimum Gasteiger partial charge on any atom is -0.505 e. The molecule has 4 heterocycles. The van der Waals surface area contributed by atoms with E-state index in [4.69, 9.17) is 16.3 Å². The molecule has 1 atom stereocenters. The Morgan fingerprint density at radius 3 is 2.60 bits per heavy atom. The quantitative estimate of drug-likeness (QED) is 0.139. The van der Waals surface area contributed by atoms with Gasteiger partial charge in [-0.25, -0.2) is 9.97 Å². The predicted octanol–water partition coefficient (Wildman–Crippen LogP) is 6.63. The third kappa shape index (κ3) is 4.22. The number of Topliss-reactive ketones (excluding diaryl/α,β-unsaturated/α-hetero) is 1. The highest BCUT2D eigenvalue weighted by atomic mass is 35.5. The number of ketones is 1. The predicted molar refractivity (Wildman–Crippen MR) is 156 cm³/mol. The van der Waals surface area contributed by atoms with Crippen LogP contribution in [0.15, 0.2) is 66.4 Å². The molecule has 1 aliphatic rings. The first-order chi connectivity index (χ1) is 19.3. The Labute approximate surface area is 239 Å². The number of fused-ring (bicyclic) bond motifs is 2. The van der Waals surface area contributed by atoms with Crippen LogP contribution in [0.25, 0.3) is 21.6 Å². The number of thiazole rings is 1. The van der Waals surface area contributed by atoms with E-state index in [1.807, 2.05) is 43.5 Å². The van der Waals surface area contributed by atoms with Crippen LogP contribution in [0, 0.1) is 13.8 Å². The molecule has 1 fully saturated rings. The lowest BCUT2D eigenvalue weighted by Crippen LogP contribution is -2.29. The average molecular weight is 573 g/mol. The van der Waals surface area contributed by atoms with Crippen molar-refractivity contribution in [3.63, 3.8) is 0 Å². The topological polar surface area (TPSA) is 97.0 Å². The van der Waals surface area contributed by atoms with Gasteiger partial charge >= 0.3 is 5.91 Å². The fourth-order valence-corrected chi connectivity index (χ4v) is 6.24. The van der Waals surface area contributed by atoms with Crippen molar-refractivity contribution in [1.82, 2.24) is 14.4 Å². The molecule has 5 aromatic rings. The lowest BCUT2D eigenvalue weighted by atomic mass is 9.96. The molecule has 1 amide bonds. The van der Waals surface area contributed by atoms with Crippen molar-refractivity contribution in [3.8, 4) is 5.75 Å². The van der Waals surface area contributed by atoms with Crippen LogP contribution >= 0.6 is 22.9 Å². The standard InChI is InChI=1S/C30H25ClN4O4S/c1-4-14-39-20-10-7-18(8-11-20)25-23(26(36)24-17(3)34-13-5-6-16(2)28(34)33-24)27(37)29(38)35(25)30-32-21-12-9-19(31)15-22(21)40-30/h5-13,15,25,36H,4,14H2,1-3H3. The second-order valence-electron chi connectivity index (χ2n) is 9.63. The first kappa shape index (κ1) is 26.0. The van der Waals surface area contributed by atoms with Gasteiger partial charge in [0, 0.05) is 11.2 Å². The van der Waals surface area contributed by atoms with E-state index in [9.17, 15) is 14.7 Å². The molecule has 1 saturated heterocycles. The van der Waals surface area contributed by atoms with E-state index in [1.54, 1.807) is 42.5 Å². The van der Waals surface area contributed by atoms with E-state index >= 15 is 0 Å². The third-order valence-corrected chi connectivity index (χ3v) is 8.22. The average Bonchev–Trinajstić information content (AvgIpc) is 3.60. The molecule has 1 aliphatic heterocycles. The van der Waals surface area contributed by atoms with Gasteiger partial charge in [0.1, 0.15) is 17.1 Å². The number of aliphatic hydroxyl groups excluding tert-OH is 1. The van der Waals surface area contributed by atoms with E-state index in [0.29, 0.717) is 44.9 Å². The molecule has 1 N–H and O–H groups in total. The normalized spacial score (nSPS) is 16.9. The SMILES string of the molecule is CCCOc1ccc(C2C(=C(O)c3nc4c(C)cccn4c3C)C(=O)C(=O)N2c2nc3ccc(Cl)cc3s2)cc1. The van der Waals surface area contributed by atoms with E-state index in [1.165, 1.54) is 16.2 Å². The van der Waals surface area contributed by atoms with Crippen LogP contribution in [0.3, 0.4) is 0 Å². The molecular formula is C30H25ClN4O4S. The summed E-state index contributed by atoms with van der Waals surface area (Å²) in [6, 6.07) is 15.3. The molecule has 202 valence electrons. The van der Waals surface area contributed by atoms with Gasteiger partial charge in [-0.3, -0.25) is 14.5 Å². The Morgan fingerprint density at radius 1 is 1.10 bits per heavy atom. The zero-order valence-electron chi connectivity index (χ0n) is 22.0. The van der Waals surface area contributed by atoms with Crippen molar-refractivity contribution in [2.75, 3.05) is 11.5 Å². The number of benzene rings is 2. The summed E-state index contributed by atoms with van der Waals surface area (Å²) >= 11 is 7.44. The van der Waals surface area contributed by atoms with Crippen molar-refractivity contribution < 1.29 is 19.4 Å². The number of carbonyl (C=O) groups is 2. The number of imidazole rings is 1. The number of hydrogen-bond donors (Lipinski definition) is 1. The van der Waals surface area contributed by atoms with Gasteiger partial charge in [0.15, 0.2) is 10.9 Å². The molecule has 0 bridgehead atoms. The van der Waals surface area contributed by atoms with Crippen LogP contribution < -0.4 is 9.64 Å². The summed E-state index contributed by atoms with van der Waals surface area (Å²) in [6.45, 7) is 6.33. The first-order valence-electron chi connectivity index (χ1n) is 12.8. The van der Waals surface area contributed by atoms with Crippen molar-refractivity contribution in [3.05, 3.63) is 93.9 Å². The molecule has 6 rings (SSSR count). The summed E-state index contributed by atoms with van der Waals surface area (Å²) in [6.07, 6.45) is 2.71. The van der Waals surface area contributed by atoms with Crippen LogP contribution in [0.5, 0.6) is 5.75 Å². The number of aromatic nitrogens is 3. The van der Waals surface area contributed by atoms with Gasteiger partial charge in [0.05, 0.1) is 34.1 Å². The molecule has 0 radical (unpaired) electrons. The Bertz CT molecular complexity index is 1840. The fraction of sp³-hybridized carbons (Fsp3) is 0.200. The monoisotopic (exact) mass is 572 g/mol. The van der Waals surface area contributed by atoms with E-state index in [0.717, 1.165) is 16.7 Å². The second kappa shape index (κ2) is 10.1. The molecule has 2 aromatic carbocycles. The molecule has 8 nitrogen and oxygen atoms in total. The molecule has 0 aliphatic carbocycles. The number of carbonyl (C=O) groups excluding carboxylic acids is 2. The van der Waals surface area contributed by atoms with Gasteiger partial charge in [0.2, 0.25) is 0 Å².